The Kier molecular flexibility index (Phi) is 4.65. The second kappa shape index (κ2) is 6.70. The topological polar surface area (TPSA) is 21.3 Å². The smallest absolute Gasteiger partial charge is 0.119 e. The van der Waals surface area contributed by atoms with Crippen LogP contribution in [-0.2, 0) is 0 Å². The van der Waals surface area contributed by atoms with E-state index in [0.29, 0.717) is 0 Å². The van der Waals surface area contributed by atoms with Crippen molar-refractivity contribution in [2.75, 3.05) is 18.5 Å². The van der Waals surface area contributed by atoms with E-state index >= 15 is 0 Å². The van der Waals surface area contributed by atoms with Gasteiger partial charge in [0.15, 0.2) is 0 Å². The zero-order valence-electron chi connectivity index (χ0n) is 10.7. The van der Waals surface area contributed by atoms with Gasteiger partial charge >= 0.3 is 0 Å². The lowest BCUT2D eigenvalue weighted by Crippen LogP contribution is -2.07. The highest BCUT2D eigenvalue weighted by Crippen LogP contribution is 2.12. The Hall–Kier alpha value is -1.96. The molecule has 18 heavy (non-hydrogen) atoms. The Morgan fingerprint density at radius 3 is 2.61 bits per heavy atom. The van der Waals surface area contributed by atoms with Crippen LogP contribution in [0.1, 0.15) is 12.0 Å². The summed E-state index contributed by atoms with van der Waals surface area (Å²) < 4.78 is 5.68. The highest BCUT2D eigenvalue weighted by Gasteiger charge is 1.94. The quantitative estimate of drug-likeness (QED) is 0.775. The molecule has 2 rings (SSSR count). The average molecular weight is 241 g/mol. The number of aryl methyl sites for hydroxylation is 1. The normalized spacial score (nSPS) is 10.1. The molecule has 0 saturated heterocycles. The number of rotatable bonds is 6. The maximum Gasteiger partial charge on any atom is 0.119 e. The van der Waals surface area contributed by atoms with Crippen molar-refractivity contribution in [1.29, 1.82) is 0 Å². The van der Waals surface area contributed by atoms with Crippen LogP contribution in [0.4, 0.5) is 5.69 Å². The summed E-state index contributed by atoms with van der Waals surface area (Å²) >= 11 is 0. The van der Waals surface area contributed by atoms with Crippen molar-refractivity contribution >= 4 is 5.69 Å². The lowest BCUT2D eigenvalue weighted by molar-refractivity contribution is 0.315. The van der Waals surface area contributed by atoms with Crippen LogP contribution in [0.2, 0.25) is 0 Å². The van der Waals surface area contributed by atoms with Crippen molar-refractivity contribution in [3.8, 4) is 5.75 Å². The molecule has 0 spiro atoms. The minimum atomic E-state index is 0.739. The summed E-state index contributed by atoms with van der Waals surface area (Å²) in [5, 5.41) is 3.36. The summed E-state index contributed by atoms with van der Waals surface area (Å²) in [5.41, 5.74) is 2.39. The number of hydrogen-bond donors (Lipinski definition) is 1. The number of nitrogens with one attached hydrogen (secondary N) is 1. The first-order valence-corrected chi connectivity index (χ1v) is 6.33. The summed E-state index contributed by atoms with van der Waals surface area (Å²) in [6, 6.07) is 18.4. The minimum Gasteiger partial charge on any atom is -0.494 e. The molecular formula is C16H19NO. The number of hydrogen-bond acceptors (Lipinski definition) is 2. The van der Waals surface area contributed by atoms with Crippen LogP contribution in [0.15, 0.2) is 54.6 Å². The fraction of sp³-hybridized carbons (Fsp3) is 0.250. The SMILES string of the molecule is Cc1cccc(OCCCNc2ccccc2)c1. The third-order valence-corrected chi connectivity index (χ3v) is 2.68. The van der Waals surface area contributed by atoms with E-state index < -0.39 is 0 Å². The molecule has 2 nitrogen and oxygen atoms in total. The molecule has 94 valence electrons. The second-order valence-corrected chi connectivity index (χ2v) is 4.31. The van der Waals surface area contributed by atoms with Crippen molar-refractivity contribution in [3.63, 3.8) is 0 Å². The van der Waals surface area contributed by atoms with Gasteiger partial charge in [0.05, 0.1) is 6.61 Å². The highest BCUT2D eigenvalue weighted by atomic mass is 16.5. The van der Waals surface area contributed by atoms with Gasteiger partial charge in [-0.2, -0.15) is 0 Å². The van der Waals surface area contributed by atoms with Crippen LogP contribution in [0, 0.1) is 6.92 Å². The number of benzene rings is 2. The fourth-order valence-electron chi connectivity index (χ4n) is 1.76. The van der Waals surface area contributed by atoms with Gasteiger partial charge in [-0.05, 0) is 43.2 Å². The third-order valence-electron chi connectivity index (χ3n) is 2.68. The second-order valence-electron chi connectivity index (χ2n) is 4.31. The van der Waals surface area contributed by atoms with Gasteiger partial charge in [-0.15, -0.1) is 0 Å². The summed E-state index contributed by atoms with van der Waals surface area (Å²) in [7, 11) is 0. The van der Waals surface area contributed by atoms with Gasteiger partial charge in [0.2, 0.25) is 0 Å². The first kappa shape index (κ1) is 12.5. The van der Waals surface area contributed by atoms with Gasteiger partial charge in [-0.3, -0.25) is 0 Å². The molecule has 0 unspecified atom stereocenters. The molecule has 0 bridgehead atoms. The van der Waals surface area contributed by atoms with Crippen molar-refractivity contribution < 1.29 is 4.74 Å². The molecule has 0 amide bonds. The van der Waals surface area contributed by atoms with Gasteiger partial charge in [0, 0.05) is 12.2 Å². The van der Waals surface area contributed by atoms with E-state index in [1.54, 1.807) is 0 Å². The summed E-state index contributed by atoms with van der Waals surface area (Å²) in [5.74, 6) is 0.953. The molecule has 1 N–H and O–H groups in total. The van der Waals surface area contributed by atoms with E-state index in [1.807, 2.05) is 30.3 Å². The van der Waals surface area contributed by atoms with Gasteiger partial charge in [-0.1, -0.05) is 30.3 Å². The summed E-state index contributed by atoms with van der Waals surface area (Å²) in [6.07, 6.45) is 0.989. The summed E-state index contributed by atoms with van der Waals surface area (Å²) in [6.45, 7) is 3.74. The van der Waals surface area contributed by atoms with E-state index in [0.717, 1.165) is 31.0 Å². The van der Waals surface area contributed by atoms with Gasteiger partial charge in [-0.25, -0.2) is 0 Å². The molecule has 0 aliphatic rings. The van der Waals surface area contributed by atoms with Crippen LogP contribution < -0.4 is 10.1 Å². The predicted octanol–water partition coefficient (Wildman–Crippen LogP) is 3.88. The Morgan fingerprint density at radius 2 is 1.83 bits per heavy atom. The third kappa shape index (κ3) is 4.13. The van der Waals surface area contributed by atoms with Crippen molar-refractivity contribution in [2.45, 2.75) is 13.3 Å². The van der Waals surface area contributed by atoms with Crippen molar-refractivity contribution in [2.24, 2.45) is 0 Å². The van der Waals surface area contributed by atoms with E-state index in [2.05, 4.69) is 36.5 Å². The van der Waals surface area contributed by atoms with Crippen LogP contribution in [0.25, 0.3) is 0 Å². The van der Waals surface area contributed by atoms with Crippen LogP contribution >= 0.6 is 0 Å². The molecule has 0 radical (unpaired) electrons. The summed E-state index contributed by atoms with van der Waals surface area (Å²) in [4.78, 5) is 0. The van der Waals surface area contributed by atoms with Gasteiger partial charge in [0.1, 0.15) is 5.75 Å². The molecule has 0 heterocycles. The predicted molar refractivity (Wildman–Crippen MR) is 76.2 cm³/mol. The molecule has 0 fully saturated rings. The van der Waals surface area contributed by atoms with Crippen molar-refractivity contribution in [1.82, 2.24) is 0 Å². The molecule has 0 atom stereocenters. The first-order chi connectivity index (χ1) is 8.84. The average Bonchev–Trinajstić information content (AvgIpc) is 2.40. The number of ether oxygens (including phenoxy) is 1. The Bertz CT molecular complexity index is 468. The largest absolute Gasteiger partial charge is 0.494 e. The Balaban J connectivity index is 1.65. The monoisotopic (exact) mass is 241 g/mol. The van der Waals surface area contributed by atoms with Gasteiger partial charge < -0.3 is 10.1 Å². The Morgan fingerprint density at radius 1 is 1.00 bits per heavy atom. The number of anilines is 1. The number of para-hydroxylation sites is 1. The molecular weight excluding hydrogens is 222 g/mol. The fourth-order valence-corrected chi connectivity index (χ4v) is 1.76. The highest BCUT2D eigenvalue weighted by molar-refractivity contribution is 5.42. The maximum absolute atomic E-state index is 5.68. The van der Waals surface area contributed by atoms with Crippen LogP contribution in [-0.4, -0.2) is 13.2 Å². The first-order valence-electron chi connectivity index (χ1n) is 6.33. The lowest BCUT2D eigenvalue weighted by atomic mass is 10.2. The molecule has 0 saturated carbocycles. The van der Waals surface area contributed by atoms with Crippen molar-refractivity contribution in [3.05, 3.63) is 60.2 Å². The van der Waals surface area contributed by atoms with E-state index in [-0.39, 0.29) is 0 Å². The van der Waals surface area contributed by atoms with Gasteiger partial charge in [0.25, 0.3) is 0 Å². The maximum atomic E-state index is 5.68. The standard InChI is InChI=1S/C16H19NO/c1-14-7-5-10-16(13-14)18-12-6-11-17-15-8-3-2-4-9-15/h2-5,7-10,13,17H,6,11-12H2,1H3. The minimum absolute atomic E-state index is 0.739. The van der Waals surface area contributed by atoms with Crippen LogP contribution in [0.3, 0.4) is 0 Å². The lowest BCUT2D eigenvalue weighted by Gasteiger charge is -2.08. The zero-order chi connectivity index (χ0) is 12.6. The van der Waals surface area contributed by atoms with E-state index in [4.69, 9.17) is 4.74 Å². The van der Waals surface area contributed by atoms with E-state index in [1.165, 1.54) is 5.56 Å². The zero-order valence-corrected chi connectivity index (χ0v) is 10.7. The molecule has 2 heteroatoms. The molecule has 2 aromatic carbocycles. The Labute approximate surface area is 109 Å². The molecule has 0 aliphatic heterocycles. The van der Waals surface area contributed by atoms with Crippen LogP contribution in [0.5, 0.6) is 5.75 Å². The van der Waals surface area contributed by atoms with E-state index in [9.17, 15) is 0 Å². The molecule has 0 aromatic heterocycles. The molecule has 2 aromatic rings. The molecule has 0 aliphatic carbocycles.